The van der Waals surface area contributed by atoms with Gasteiger partial charge in [0.15, 0.2) is 0 Å². The van der Waals surface area contributed by atoms with Gasteiger partial charge >= 0.3 is 0 Å². The molecule has 0 radical (unpaired) electrons. The predicted octanol–water partition coefficient (Wildman–Crippen LogP) is 4.67. The lowest BCUT2D eigenvalue weighted by atomic mass is 10.1. The molecule has 3 nitrogen and oxygen atoms in total. The fraction of sp³-hybridized carbons (Fsp3) is 0.261. The molecular weight excluding hydrogens is 352 g/mol. The van der Waals surface area contributed by atoms with Crippen LogP contribution in [0.1, 0.15) is 23.7 Å². The maximum absolute atomic E-state index is 9.58. The van der Waals surface area contributed by atoms with Crippen LogP contribution in [0, 0.1) is 13.8 Å². The second kappa shape index (κ2) is 7.37. The molecule has 138 valence electrons. The van der Waals surface area contributed by atoms with E-state index in [4.69, 9.17) is 0 Å². The molecule has 0 amide bonds. The first-order valence-corrected chi connectivity index (χ1v) is 10.2. The Morgan fingerprint density at radius 3 is 2.56 bits per heavy atom. The fourth-order valence-corrected chi connectivity index (χ4v) is 4.92. The van der Waals surface area contributed by atoms with Gasteiger partial charge in [-0.15, -0.1) is 0 Å². The molecule has 3 aromatic rings. The molecule has 0 aliphatic carbocycles. The third-order valence-electron chi connectivity index (χ3n) is 5.02. The van der Waals surface area contributed by atoms with Crippen molar-refractivity contribution in [2.24, 2.45) is 0 Å². The number of pyridine rings is 1. The van der Waals surface area contributed by atoms with Crippen molar-refractivity contribution in [1.82, 2.24) is 0 Å². The number of benzene rings is 2. The van der Waals surface area contributed by atoms with Crippen molar-refractivity contribution in [2.45, 2.75) is 32.2 Å². The molecule has 4 rings (SSSR count). The first-order chi connectivity index (χ1) is 13.1. The number of aliphatic hydroxyl groups is 1. The summed E-state index contributed by atoms with van der Waals surface area (Å²) in [5.74, 6) is 0. The van der Waals surface area contributed by atoms with Gasteiger partial charge in [-0.25, -0.2) is 0 Å². The van der Waals surface area contributed by atoms with E-state index in [1.54, 1.807) is 11.8 Å². The highest BCUT2D eigenvalue weighted by Gasteiger charge is 2.26. The number of hydrogen-bond acceptors (Lipinski definition) is 3. The van der Waals surface area contributed by atoms with E-state index in [-0.39, 0.29) is 6.61 Å². The van der Waals surface area contributed by atoms with Crippen LogP contribution in [-0.2, 0) is 6.54 Å². The lowest BCUT2D eigenvalue weighted by Gasteiger charge is -2.19. The molecule has 0 bridgehead atoms. The molecule has 2 aromatic carbocycles. The third-order valence-corrected chi connectivity index (χ3v) is 6.11. The summed E-state index contributed by atoms with van der Waals surface area (Å²) in [4.78, 5) is 3.48. The van der Waals surface area contributed by atoms with Crippen molar-refractivity contribution >= 4 is 34.4 Å². The third kappa shape index (κ3) is 3.35. The summed E-state index contributed by atoms with van der Waals surface area (Å²) in [6, 6.07) is 17.5. The Morgan fingerprint density at radius 1 is 1.04 bits per heavy atom. The van der Waals surface area contributed by atoms with Gasteiger partial charge in [0.05, 0.1) is 17.3 Å². The fourth-order valence-electron chi connectivity index (χ4n) is 3.69. The molecule has 0 fully saturated rings. The Labute approximate surface area is 165 Å². The van der Waals surface area contributed by atoms with Crippen molar-refractivity contribution in [1.29, 1.82) is 0 Å². The lowest BCUT2D eigenvalue weighted by molar-refractivity contribution is -0.669. The van der Waals surface area contributed by atoms with Crippen molar-refractivity contribution in [2.75, 3.05) is 18.1 Å². The van der Waals surface area contributed by atoms with Gasteiger partial charge in [-0.2, -0.15) is 4.57 Å². The van der Waals surface area contributed by atoms with Gasteiger partial charge in [-0.05, 0) is 56.2 Å². The zero-order valence-corrected chi connectivity index (χ0v) is 16.9. The number of thioether (sulfide) groups is 1. The van der Waals surface area contributed by atoms with Gasteiger partial charge in [0, 0.05) is 35.0 Å². The summed E-state index contributed by atoms with van der Waals surface area (Å²) < 4.78 is 2.36. The van der Waals surface area contributed by atoms with Gasteiger partial charge < -0.3 is 10.0 Å². The molecule has 1 aromatic heterocycles. The monoisotopic (exact) mass is 377 g/mol. The molecule has 1 aliphatic rings. The highest BCUT2D eigenvalue weighted by Crippen LogP contribution is 2.46. The first kappa shape index (κ1) is 18.1. The molecular formula is C23H25N2OS+. The van der Waals surface area contributed by atoms with E-state index in [0.29, 0.717) is 6.54 Å². The number of aliphatic hydroxyl groups excluding tert-OH is 1. The Bertz CT molecular complexity index is 1040. The summed E-state index contributed by atoms with van der Waals surface area (Å²) in [5, 5.41) is 12.0. The van der Waals surface area contributed by atoms with Gasteiger partial charge in [-0.3, -0.25) is 0 Å². The average molecular weight is 378 g/mol. The minimum absolute atomic E-state index is 0.135. The Kier molecular flexibility index (Phi) is 4.94. The van der Waals surface area contributed by atoms with Gasteiger partial charge in [0.1, 0.15) is 6.54 Å². The number of anilines is 1. The van der Waals surface area contributed by atoms with E-state index >= 15 is 0 Å². The molecule has 27 heavy (non-hydrogen) atoms. The largest absolute Gasteiger partial charge is 0.395 e. The molecule has 0 atom stereocenters. The van der Waals surface area contributed by atoms with E-state index in [2.05, 4.69) is 84.8 Å². The van der Waals surface area contributed by atoms with Crippen LogP contribution in [0.25, 0.3) is 17.0 Å². The summed E-state index contributed by atoms with van der Waals surface area (Å²) in [5.41, 5.74) is 6.17. The maximum atomic E-state index is 9.58. The summed E-state index contributed by atoms with van der Waals surface area (Å²) in [7, 11) is 0. The van der Waals surface area contributed by atoms with Crippen molar-refractivity contribution in [3.63, 3.8) is 0 Å². The highest BCUT2D eigenvalue weighted by atomic mass is 32.2. The van der Waals surface area contributed by atoms with Gasteiger partial charge in [0.25, 0.3) is 0 Å². The van der Waals surface area contributed by atoms with Crippen LogP contribution in [0.3, 0.4) is 0 Å². The number of aryl methyl sites for hydroxylation is 3. The number of β-amino-alcohol motifs (C(OH)–C–C–N with tert-alkyl or cyclic N) is 1. The van der Waals surface area contributed by atoms with Crippen LogP contribution in [0.15, 0.2) is 58.5 Å². The summed E-state index contributed by atoms with van der Waals surface area (Å²) >= 11 is 1.78. The minimum Gasteiger partial charge on any atom is -0.395 e. The maximum Gasteiger partial charge on any atom is 0.213 e. The van der Waals surface area contributed by atoms with Gasteiger partial charge in [-0.1, -0.05) is 23.9 Å². The van der Waals surface area contributed by atoms with Crippen molar-refractivity contribution < 1.29 is 9.67 Å². The van der Waals surface area contributed by atoms with E-state index < -0.39 is 0 Å². The lowest BCUT2D eigenvalue weighted by Crippen LogP contribution is -2.37. The second-order valence-corrected chi connectivity index (χ2v) is 8.06. The molecule has 0 saturated heterocycles. The number of hydrogen-bond donors (Lipinski definition) is 1. The summed E-state index contributed by atoms with van der Waals surface area (Å²) in [6.45, 7) is 8.10. The average Bonchev–Trinajstić information content (AvgIpc) is 2.98. The highest BCUT2D eigenvalue weighted by molar-refractivity contribution is 8.03. The van der Waals surface area contributed by atoms with Crippen molar-refractivity contribution in [3.05, 3.63) is 70.4 Å². The molecule has 4 heteroatoms. The Hall–Kier alpha value is -2.30. The number of nitrogens with zero attached hydrogens (tertiary/aromatic N) is 2. The number of aromatic nitrogens is 1. The molecule has 0 saturated carbocycles. The number of fused-ring (bicyclic) bond motifs is 2. The Morgan fingerprint density at radius 2 is 1.78 bits per heavy atom. The van der Waals surface area contributed by atoms with E-state index in [9.17, 15) is 5.11 Å². The van der Waals surface area contributed by atoms with Crippen LogP contribution >= 0.6 is 11.8 Å². The SMILES string of the molecule is CC[n+]1c(C=C2Sc3cc(C)ccc3N2CCO)ccc2ccc(C)cc21. The normalized spacial score (nSPS) is 15.0. The predicted molar refractivity (Wildman–Crippen MR) is 114 cm³/mol. The standard InChI is InChI=1S/C23H25N2OS/c1-4-24-19(9-8-18-7-5-16(2)13-21(18)24)15-23-25(11-12-26)20-10-6-17(3)14-22(20)27-23/h5-10,13-15,26H,4,11-12H2,1-3H3/q+1. The zero-order valence-electron chi connectivity index (χ0n) is 16.1. The molecule has 0 spiro atoms. The molecule has 0 unspecified atom stereocenters. The molecule has 1 N–H and O–H groups in total. The zero-order chi connectivity index (χ0) is 19.0. The van der Waals surface area contributed by atoms with Gasteiger partial charge in [0.2, 0.25) is 11.2 Å². The van der Waals surface area contributed by atoms with Crippen LogP contribution in [-0.4, -0.2) is 18.3 Å². The van der Waals surface area contributed by atoms with Crippen molar-refractivity contribution in [3.8, 4) is 0 Å². The quantitative estimate of drug-likeness (QED) is 0.670. The Balaban J connectivity index is 1.83. The smallest absolute Gasteiger partial charge is 0.213 e. The van der Waals surface area contributed by atoms with E-state index in [1.807, 2.05) is 0 Å². The number of rotatable bonds is 4. The second-order valence-electron chi connectivity index (χ2n) is 7.00. The first-order valence-electron chi connectivity index (χ1n) is 9.42. The topological polar surface area (TPSA) is 27.4 Å². The van der Waals surface area contributed by atoms with E-state index in [0.717, 1.165) is 6.54 Å². The summed E-state index contributed by atoms with van der Waals surface area (Å²) in [6.07, 6.45) is 2.25. The minimum atomic E-state index is 0.135. The van der Waals surface area contributed by atoms with E-state index in [1.165, 1.54) is 43.3 Å². The van der Waals surface area contributed by atoms with Crippen LogP contribution in [0.5, 0.6) is 0 Å². The van der Waals surface area contributed by atoms with Crippen LogP contribution in [0.2, 0.25) is 0 Å². The van der Waals surface area contributed by atoms with Crippen LogP contribution in [0.4, 0.5) is 5.69 Å². The molecule has 1 aliphatic heterocycles. The van der Waals surface area contributed by atoms with Crippen LogP contribution < -0.4 is 9.47 Å². The molecule has 2 heterocycles.